The van der Waals surface area contributed by atoms with Crippen LogP contribution in [-0.4, -0.2) is 37.4 Å². The molecule has 1 saturated heterocycles. The average Bonchev–Trinajstić information content (AvgIpc) is 2.47. The molecular formula is C14H15N3O3S. The minimum Gasteiger partial charge on any atom is -0.211 e. The lowest BCUT2D eigenvalue weighted by Gasteiger charge is -2.34. The Kier molecular flexibility index (Phi) is 4.53. The van der Waals surface area contributed by atoms with Crippen molar-refractivity contribution in [2.24, 2.45) is 4.99 Å². The van der Waals surface area contributed by atoms with Gasteiger partial charge < -0.3 is 0 Å². The second kappa shape index (κ2) is 6.19. The fourth-order valence-corrected chi connectivity index (χ4v) is 4.39. The van der Waals surface area contributed by atoms with Gasteiger partial charge in [-0.05, 0) is 31.9 Å². The second-order valence-corrected chi connectivity index (χ2v) is 6.83. The Morgan fingerprint density at radius 3 is 2.71 bits per heavy atom. The van der Waals surface area contributed by atoms with Gasteiger partial charge in [0.15, 0.2) is 0 Å². The van der Waals surface area contributed by atoms with Crippen LogP contribution in [0.1, 0.15) is 25.3 Å². The molecule has 6 nitrogen and oxygen atoms in total. The van der Waals surface area contributed by atoms with E-state index in [1.165, 1.54) is 22.5 Å². The zero-order valence-corrected chi connectivity index (χ0v) is 12.4. The van der Waals surface area contributed by atoms with Crippen molar-refractivity contribution in [2.75, 3.05) is 6.54 Å². The molecule has 1 heterocycles. The number of benzene rings is 1. The van der Waals surface area contributed by atoms with Crippen LogP contribution in [0.15, 0.2) is 34.2 Å². The third kappa shape index (κ3) is 3.03. The first-order valence-corrected chi connectivity index (χ1v) is 8.02. The molecule has 1 aromatic carbocycles. The summed E-state index contributed by atoms with van der Waals surface area (Å²) in [5.74, 6) is 0. The zero-order valence-electron chi connectivity index (χ0n) is 11.6. The van der Waals surface area contributed by atoms with Crippen molar-refractivity contribution in [1.29, 1.82) is 5.26 Å². The highest BCUT2D eigenvalue weighted by Gasteiger charge is 2.35. The van der Waals surface area contributed by atoms with E-state index in [9.17, 15) is 13.2 Å². The molecule has 1 aliphatic rings. The largest absolute Gasteiger partial charge is 0.244 e. The first kappa shape index (κ1) is 15.4. The topological polar surface area (TPSA) is 90.6 Å². The van der Waals surface area contributed by atoms with Crippen molar-refractivity contribution in [3.63, 3.8) is 0 Å². The highest BCUT2D eigenvalue weighted by atomic mass is 32.2. The maximum absolute atomic E-state index is 12.7. The third-order valence-electron chi connectivity index (χ3n) is 3.62. The van der Waals surface area contributed by atoms with Crippen molar-refractivity contribution in [1.82, 2.24) is 4.31 Å². The number of carbonyl (C=O) groups excluding carboxylic acids is 1. The average molecular weight is 305 g/mol. The quantitative estimate of drug-likeness (QED) is 0.624. The van der Waals surface area contributed by atoms with E-state index in [0.717, 1.165) is 0 Å². The minimum absolute atomic E-state index is 0.0247. The molecule has 0 aromatic heterocycles. The van der Waals surface area contributed by atoms with Crippen molar-refractivity contribution in [3.05, 3.63) is 29.8 Å². The number of isocyanates is 1. The summed E-state index contributed by atoms with van der Waals surface area (Å²) >= 11 is 0. The summed E-state index contributed by atoms with van der Waals surface area (Å²) in [6.07, 6.45) is 2.48. The second-order valence-electron chi connectivity index (χ2n) is 4.97. The number of sulfonamides is 1. The molecular weight excluding hydrogens is 290 g/mol. The van der Waals surface area contributed by atoms with Gasteiger partial charge in [0.05, 0.1) is 16.5 Å². The van der Waals surface area contributed by atoms with Gasteiger partial charge in [0.25, 0.3) is 0 Å². The lowest BCUT2D eigenvalue weighted by molar-refractivity contribution is 0.248. The van der Waals surface area contributed by atoms with E-state index in [2.05, 4.69) is 4.99 Å². The summed E-state index contributed by atoms with van der Waals surface area (Å²) in [7, 11) is -3.72. The summed E-state index contributed by atoms with van der Waals surface area (Å²) in [5, 5.41) is 9.07. The monoisotopic (exact) mass is 305 g/mol. The van der Waals surface area contributed by atoms with Crippen molar-refractivity contribution in [3.8, 4) is 6.07 Å². The van der Waals surface area contributed by atoms with Crippen molar-refractivity contribution in [2.45, 2.75) is 36.7 Å². The van der Waals surface area contributed by atoms with Gasteiger partial charge in [-0.2, -0.15) is 9.57 Å². The molecule has 2 unspecified atom stereocenters. The molecule has 1 fully saturated rings. The van der Waals surface area contributed by atoms with Crippen LogP contribution >= 0.6 is 0 Å². The summed E-state index contributed by atoms with van der Waals surface area (Å²) in [6.45, 7) is 2.05. The Morgan fingerprint density at radius 2 is 2.10 bits per heavy atom. The molecule has 0 saturated carbocycles. The Hall–Kier alpha value is -2.00. The molecule has 21 heavy (non-hydrogen) atoms. The van der Waals surface area contributed by atoms with Gasteiger partial charge in [-0.3, -0.25) is 0 Å². The maximum atomic E-state index is 12.7. The molecule has 0 radical (unpaired) electrons. The van der Waals surface area contributed by atoms with Gasteiger partial charge in [-0.25, -0.2) is 18.2 Å². The molecule has 0 amide bonds. The van der Waals surface area contributed by atoms with Crippen LogP contribution in [0.4, 0.5) is 0 Å². The number of nitrogens with zero attached hydrogens (tertiary/aromatic N) is 3. The van der Waals surface area contributed by atoms with Crippen LogP contribution in [-0.2, 0) is 14.8 Å². The smallest absolute Gasteiger partial charge is 0.211 e. The third-order valence-corrected chi connectivity index (χ3v) is 5.69. The summed E-state index contributed by atoms with van der Waals surface area (Å²) in [6, 6.07) is 7.60. The number of aliphatic imine (C=N–C) groups is 1. The number of hydrogen-bond donors (Lipinski definition) is 0. The molecule has 0 N–H and O–H groups in total. The minimum atomic E-state index is -3.72. The Bertz CT molecular complexity index is 717. The predicted molar refractivity (Wildman–Crippen MR) is 75.7 cm³/mol. The Morgan fingerprint density at radius 1 is 1.38 bits per heavy atom. The van der Waals surface area contributed by atoms with Gasteiger partial charge >= 0.3 is 0 Å². The van der Waals surface area contributed by atoms with Gasteiger partial charge in [0, 0.05) is 12.6 Å². The Balaban J connectivity index is 2.33. The fraction of sp³-hybridized carbons (Fsp3) is 0.429. The Labute approximate surface area is 123 Å². The lowest BCUT2D eigenvalue weighted by atomic mass is 10.0. The van der Waals surface area contributed by atoms with Crippen molar-refractivity contribution >= 4 is 16.1 Å². The van der Waals surface area contributed by atoms with E-state index >= 15 is 0 Å². The highest BCUT2D eigenvalue weighted by Crippen LogP contribution is 2.27. The van der Waals surface area contributed by atoms with Crippen LogP contribution in [0.2, 0.25) is 0 Å². The molecule has 2 rings (SSSR count). The van der Waals surface area contributed by atoms with E-state index in [0.29, 0.717) is 12.8 Å². The number of piperidine rings is 1. The summed E-state index contributed by atoms with van der Waals surface area (Å²) < 4.78 is 26.8. The van der Waals surface area contributed by atoms with Crippen LogP contribution in [0.25, 0.3) is 0 Å². The number of rotatable bonds is 3. The van der Waals surface area contributed by atoms with Crippen LogP contribution < -0.4 is 0 Å². The van der Waals surface area contributed by atoms with Gasteiger partial charge in [-0.15, -0.1) is 0 Å². The summed E-state index contributed by atoms with van der Waals surface area (Å²) in [5.41, 5.74) is 0.137. The van der Waals surface area contributed by atoms with Gasteiger partial charge in [-0.1, -0.05) is 12.1 Å². The molecule has 0 bridgehead atoms. The number of hydrogen-bond acceptors (Lipinski definition) is 5. The molecule has 1 aromatic rings. The first-order valence-electron chi connectivity index (χ1n) is 6.58. The maximum Gasteiger partial charge on any atom is 0.244 e. The molecule has 0 spiro atoms. The first-order chi connectivity index (χ1) is 10.0. The molecule has 110 valence electrons. The lowest BCUT2D eigenvalue weighted by Crippen LogP contribution is -2.45. The highest BCUT2D eigenvalue weighted by molar-refractivity contribution is 7.89. The van der Waals surface area contributed by atoms with Gasteiger partial charge in [0.1, 0.15) is 6.07 Å². The number of nitriles is 1. The van der Waals surface area contributed by atoms with Crippen molar-refractivity contribution < 1.29 is 13.2 Å². The molecule has 7 heteroatoms. The predicted octanol–water partition coefficient (Wildman–Crippen LogP) is 1.44. The molecule has 1 aliphatic heterocycles. The van der Waals surface area contributed by atoms with E-state index in [1.54, 1.807) is 19.1 Å². The molecule has 2 atom stereocenters. The van der Waals surface area contributed by atoms with E-state index in [-0.39, 0.29) is 29.1 Å². The zero-order chi connectivity index (χ0) is 15.5. The van der Waals surface area contributed by atoms with E-state index < -0.39 is 10.0 Å². The standard InChI is InChI=1S/C14H15N3O3S/c1-11-8-13(16-10-18)6-7-17(11)21(19,20)14-5-3-2-4-12(14)9-15/h2-5,11,13H,6-8H2,1H3. The van der Waals surface area contributed by atoms with E-state index in [4.69, 9.17) is 5.26 Å². The van der Waals surface area contributed by atoms with E-state index in [1.807, 2.05) is 6.07 Å². The molecule has 0 aliphatic carbocycles. The van der Waals surface area contributed by atoms with Crippen LogP contribution in [0.5, 0.6) is 0 Å². The fourth-order valence-electron chi connectivity index (χ4n) is 2.58. The van der Waals surface area contributed by atoms with Gasteiger partial charge in [0.2, 0.25) is 16.1 Å². The summed E-state index contributed by atoms with van der Waals surface area (Å²) in [4.78, 5) is 14.0. The van der Waals surface area contributed by atoms with Crippen LogP contribution in [0.3, 0.4) is 0 Å². The van der Waals surface area contributed by atoms with Crippen LogP contribution in [0, 0.1) is 11.3 Å². The SMILES string of the molecule is CC1CC(N=C=O)CCN1S(=O)(=O)c1ccccc1C#N. The normalized spacial score (nSPS) is 23.0.